The predicted octanol–water partition coefficient (Wildman–Crippen LogP) is 0.426. The summed E-state index contributed by atoms with van der Waals surface area (Å²) in [4.78, 5) is 0. The van der Waals surface area contributed by atoms with Gasteiger partial charge in [0.05, 0.1) is 0 Å². The van der Waals surface area contributed by atoms with Crippen LogP contribution in [-0.4, -0.2) is 20.1 Å². The van der Waals surface area contributed by atoms with E-state index in [4.69, 9.17) is 10.9 Å². The van der Waals surface area contributed by atoms with E-state index < -0.39 is 10.0 Å². The van der Waals surface area contributed by atoms with Crippen LogP contribution in [0.3, 0.4) is 0 Å². The van der Waals surface area contributed by atoms with Crippen LogP contribution in [0.4, 0.5) is 0 Å². The van der Waals surface area contributed by atoms with Crippen LogP contribution < -0.4 is 4.72 Å². The minimum atomic E-state index is -3.36. The highest BCUT2D eigenvalue weighted by Gasteiger charge is 2.13. The Morgan fingerprint density at radius 2 is 2.40 bits per heavy atom. The van der Waals surface area contributed by atoms with Gasteiger partial charge in [-0.25, -0.2) is 13.1 Å². The molecule has 6 heteroatoms. The van der Waals surface area contributed by atoms with Gasteiger partial charge in [0.15, 0.2) is 0 Å². The molecule has 0 bridgehead atoms. The van der Waals surface area contributed by atoms with Gasteiger partial charge in [0.25, 0.3) is 0 Å². The molecule has 1 N–H and O–H groups in total. The van der Waals surface area contributed by atoms with Crippen molar-refractivity contribution in [1.29, 1.82) is 0 Å². The lowest BCUT2D eigenvalue weighted by Crippen LogP contribution is -2.26. The first kappa shape index (κ1) is 11.8. The Kier molecular flexibility index (Phi) is 3.88. The molecule has 1 aromatic heterocycles. The van der Waals surface area contributed by atoms with E-state index in [0.29, 0.717) is 17.9 Å². The van der Waals surface area contributed by atoms with E-state index in [1.165, 1.54) is 0 Å². The van der Waals surface area contributed by atoms with E-state index in [1.807, 2.05) is 0 Å². The van der Waals surface area contributed by atoms with E-state index in [9.17, 15) is 8.42 Å². The SMILES string of the molecule is C#CCCNS(=O)(=O)Cc1cc(C)on1. The van der Waals surface area contributed by atoms with Gasteiger partial charge in [-0.2, -0.15) is 0 Å². The van der Waals surface area contributed by atoms with Crippen molar-refractivity contribution in [2.24, 2.45) is 0 Å². The first-order chi connectivity index (χ1) is 7.03. The second kappa shape index (κ2) is 4.96. The molecule has 0 saturated heterocycles. The third-order valence-electron chi connectivity index (χ3n) is 1.61. The summed E-state index contributed by atoms with van der Waals surface area (Å²) < 4.78 is 30.0. The molecule has 5 nitrogen and oxygen atoms in total. The second-order valence-corrected chi connectivity index (χ2v) is 4.84. The van der Waals surface area contributed by atoms with Gasteiger partial charge in [-0.15, -0.1) is 12.3 Å². The third-order valence-corrected chi connectivity index (χ3v) is 2.93. The van der Waals surface area contributed by atoms with Crippen LogP contribution in [0.5, 0.6) is 0 Å². The van der Waals surface area contributed by atoms with Crippen LogP contribution in [-0.2, 0) is 15.8 Å². The van der Waals surface area contributed by atoms with E-state index in [-0.39, 0.29) is 12.3 Å². The molecule has 0 radical (unpaired) electrons. The molecular weight excluding hydrogens is 216 g/mol. The number of sulfonamides is 1. The summed E-state index contributed by atoms with van der Waals surface area (Å²) >= 11 is 0. The maximum atomic E-state index is 11.4. The molecule has 0 saturated carbocycles. The van der Waals surface area contributed by atoms with Gasteiger partial charge >= 0.3 is 0 Å². The van der Waals surface area contributed by atoms with Crippen molar-refractivity contribution in [3.63, 3.8) is 0 Å². The fourth-order valence-electron chi connectivity index (χ4n) is 1.01. The van der Waals surface area contributed by atoms with Gasteiger partial charge < -0.3 is 4.52 Å². The van der Waals surface area contributed by atoms with Gasteiger partial charge in [0.2, 0.25) is 10.0 Å². The summed E-state index contributed by atoms with van der Waals surface area (Å²) in [5.41, 5.74) is 0.390. The Balaban J connectivity index is 2.54. The maximum absolute atomic E-state index is 11.4. The van der Waals surface area contributed by atoms with Gasteiger partial charge in [-0.3, -0.25) is 0 Å². The summed E-state index contributed by atoms with van der Waals surface area (Å²) in [6.45, 7) is 1.95. The predicted molar refractivity (Wildman–Crippen MR) is 55.3 cm³/mol. The topological polar surface area (TPSA) is 72.2 Å². The lowest BCUT2D eigenvalue weighted by atomic mass is 10.4. The number of hydrogen-bond acceptors (Lipinski definition) is 4. The molecule has 1 heterocycles. The summed E-state index contributed by atoms with van der Waals surface area (Å²) in [6, 6.07) is 1.58. The van der Waals surface area contributed by atoms with Gasteiger partial charge in [-0.05, 0) is 6.92 Å². The molecule has 0 aliphatic carbocycles. The van der Waals surface area contributed by atoms with Crippen LogP contribution in [0, 0.1) is 19.3 Å². The van der Waals surface area contributed by atoms with Crippen LogP contribution in [0.25, 0.3) is 0 Å². The van der Waals surface area contributed by atoms with Crippen molar-refractivity contribution in [1.82, 2.24) is 9.88 Å². The molecule has 0 aromatic carbocycles. The zero-order valence-corrected chi connectivity index (χ0v) is 9.17. The normalized spacial score (nSPS) is 11.2. The highest BCUT2D eigenvalue weighted by molar-refractivity contribution is 7.88. The van der Waals surface area contributed by atoms with Crippen molar-refractivity contribution < 1.29 is 12.9 Å². The van der Waals surface area contributed by atoms with Crippen LogP contribution in [0.1, 0.15) is 17.9 Å². The number of aryl methyl sites for hydroxylation is 1. The molecule has 0 atom stereocenters. The van der Waals surface area contributed by atoms with Gasteiger partial charge in [0, 0.05) is 19.0 Å². The molecule has 1 rings (SSSR count). The molecule has 0 unspecified atom stereocenters. The number of nitrogens with zero attached hydrogens (tertiary/aromatic N) is 1. The van der Waals surface area contributed by atoms with E-state index in [0.717, 1.165) is 0 Å². The van der Waals surface area contributed by atoms with E-state index in [1.54, 1.807) is 13.0 Å². The third kappa shape index (κ3) is 4.14. The lowest BCUT2D eigenvalue weighted by Gasteiger charge is -2.01. The quantitative estimate of drug-likeness (QED) is 0.586. The molecule has 0 fully saturated rings. The van der Waals surface area contributed by atoms with Crippen molar-refractivity contribution in [2.75, 3.05) is 6.54 Å². The molecule has 0 amide bonds. The van der Waals surface area contributed by atoms with E-state index in [2.05, 4.69) is 15.8 Å². The van der Waals surface area contributed by atoms with Gasteiger partial charge in [-0.1, -0.05) is 5.16 Å². The molecule has 0 aliphatic rings. The highest BCUT2D eigenvalue weighted by atomic mass is 32.2. The lowest BCUT2D eigenvalue weighted by molar-refractivity contribution is 0.392. The Bertz CT molecular complexity index is 456. The molecule has 15 heavy (non-hydrogen) atoms. The summed E-state index contributed by atoms with van der Waals surface area (Å²) in [7, 11) is -3.36. The van der Waals surface area contributed by atoms with Crippen LogP contribution in [0.15, 0.2) is 10.6 Å². The van der Waals surface area contributed by atoms with Crippen molar-refractivity contribution >= 4 is 10.0 Å². The number of terminal acetylenes is 1. The maximum Gasteiger partial charge on any atom is 0.217 e. The first-order valence-electron chi connectivity index (χ1n) is 4.36. The number of rotatable bonds is 5. The smallest absolute Gasteiger partial charge is 0.217 e. The minimum absolute atomic E-state index is 0.186. The molecule has 1 aromatic rings. The van der Waals surface area contributed by atoms with Gasteiger partial charge in [0.1, 0.15) is 17.2 Å². The largest absolute Gasteiger partial charge is 0.361 e. The average Bonchev–Trinajstić information content (AvgIpc) is 2.50. The zero-order valence-electron chi connectivity index (χ0n) is 8.36. The molecule has 0 spiro atoms. The summed E-state index contributed by atoms with van der Waals surface area (Å²) in [6.07, 6.45) is 5.37. The monoisotopic (exact) mass is 228 g/mol. The first-order valence-corrected chi connectivity index (χ1v) is 6.02. The van der Waals surface area contributed by atoms with Crippen LogP contribution in [0.2, 0.25) is 0 Å². The fraction of sp³-hybridized carbons (Fsp3) is 0.444. The number of hydrogen-bond donors (Lipinski definition) is 1. The highest BCUT2D eigenvalue weighted by Crippen LogP contribution is 2.05. The molecule has 0 aliphatic heterocycles. The Hall–Kier alpha value is -1.32. The standard InChI is InChI=1S/C9H12N2O3S/c1-3-4-5-10-15(12,13)7-9-6-8(2)14-11-9/h1,6,10H,4-5,7H2,2H3. The Morgan fingerprint density at radius 3 is 2.93 bits per heavy atom. The minimum Gasteiger partial charge on any atom is -0.361 e. The second-order valence-electron chi connectivity index (χ2n) is 3.04. The zero-order chi connectivity index (χ0) is 11.3. The van der Waals surface area contributed by atoms with Crippen molar-refractivity contribution in [3.8, 4) is 12.3 Å². The Morgan fingerprint density at radius 1 is 1.67 bits per heavy atom. The fourth-order valence-corrected chi connectivity index (χ4v) is 2.05. The average molecular weight is 228 g/mol. The molecular formula is C9H12N2O3S. The summed E-state index contributed by atoms with van der Waals surface area (Å²) in [5.74, 6) is 2.75. The van der Waals surface area contributed by atoms with Crippen molar-refractivity contribution in [2.45, 2.75) is 19.1 Å². The van der Waals surface area contributed by atoms with E-state index >= 15 is 0 Å². The number of aromatic nitrogens is 1. The molecule has 82 valence electrons. The van der Waals surface area contributed by atoms with Crippen molar-refractivity contribution in [3.05, 3.63) is 17.5 Å². The summed E-state index contributed by atoms with van der Waals surface area (Å²) in [5, 5.41) is 3.59. The number of nitrogens with one attached hydrogen (secondary N) is 1. The van der Waals surface area contributed by atoms with Crippen LogP contribution >= 0.6 is 0 Å². The Labute approximate surface area is 88.9 Å².